The molecule has 0 saturated carbocycles. The van der Waals surface area contributed by atoms with Gasteiger partial charge in [-0.15, -0.1) is 11.3 Å². The van der Waals surface area contributed by atoms with Gasteiger partial charge in [-0.25, -0.2) is 4.98 Å². The highest BCUT2D eigenvalue weighted by molar-refractivity contribution is 7.13. The first kappa shape index (κ1) is 18.1. The number of amides is 1. The molecule has 2 heterocycles. The Labute approximate surface area is 167 Å². The van der Waals surface area contributed by atoms with E-state index in [0.717, 1.165) is 33.2 Å². The Hall–Kier alpha value is -3.31. The van der Waals surface area contributed by atoms with E-state index in [2.05, 4.69) is 10.3 Å². The number of rotatable bonds is 4. The number of carbonyl (C=O) groups excluding carboxylic acids is 1. The predicted molar refractivity (Wildman–Crippen MR) is 115 cm³/mol. The van der Waals surface area contributed by atoms with Gasteiger partial charge in [0.15, 0.2) is 0 Å². The molecule has 138 valence electrons. The van der Waals surface area contributed by atoms with Crippen molar-refractivity contribution < 1.29 is 4.79 Å². The molecule has 2 aromatic carbocycles. The number of nitrogens with one attached hydrogen (secondary N) is 1. The first-order valence-electron chi connectivity index (χ1n) is 8.96. The maximum Gasteiger partial charge on any atom is 0.255 e. The van der Waals surface area contributed by atoms with Crippen LogP contribution in [0.4, 0.5) is 5.69 Å². The van der Waals surface area contributed by atoms with Gasteiger partial charge in [0.25, 0.3) is 5.91 Å². The van der Waals surface area contributed by atoms with Gasteiger partial charge in [-0.3, -0.25) is 9.78 Å². The van der Waals surface area contributed by atoms with Gasteiger partial charge in [-0.1, -0.05) is 24.3 Å². The Kier molecular flexibility index (Phi) is 5.00. The van der Waals surface area contributed by atoms with Gasteiger partial charge in [-0.05, 0) is 61.4 Å². The maximum absolute atomic E-state index is 12.6. The zero-order chi connectivity index (χ0) is 19.5. The van der Waals surface area contributed by atoms with Crippen molar-refractivity contribution in [1.82, 2.24) is 9.97 Å². The molecular weight excluding hydrogens is 366 g/mol. The van der Waals surface area contributed by atoms with Crippen LogP contribution in [-0.2, 0) is 0 Å². The number of aryl methyl sites for hydroxylation is 2. The minimum atomic E-state index is -0.118. The lowest BCUT2D eigenvalue weighted by Crippen LogP contribution is -2.12. The molecule has 5 heteroatoms. The smallest absolute Gasteiger partial charge is 0.255 e. The van der Waals surface area contributed by atoms with Crippen LogP contribution in [0.1, 0.15) is 21.5 Å². The average Bonchev–Trinajstić information content (AvgIpc) is 3.21. The molecule has 0 spiro atoms. The fraction of sp³-hybridized carbons (Fsp3) is 0.0870. The monoisotopic (exact) mass is 385 g/mol. The lowest BCUT2D eigenvalue weighted by Gasteiger charge is -2.08. The molecule has 0 unspecified atom stereocenters. The second-order valence-corrected chi connectivity index (χ2v) is 7.44. The number of anilines is 1. The standard InChI is InChI=1S/C23H19N3OS/c1-15-9-10-18(12-16(15)2)22(27)25-19-7-5-6-17(13-19)21-14-28-23(26-21)20-8-3-4-11-24-20/h3-14H,1-2H3,(H,25,27). The summed E-state index contributed by atoms with van der Waals surface area (Å²) in [5.41, 5.74) is 6.35. The summed E-state index contributed by atoms with van der Waals surface area (Å²) < 4.78 is 0. The number of aromatic nitrogens is 2. The molecule has 28 heavy (non-hydrogen) atoms. The van der Waals surface area contributed by atoms with Crippen molar-refractivity contribution in [3.05, 3.63) is 88.9 Å². The third kappa shape index (κ3) is 3.85. The molecule has 0 fully saturated rings. The summed E-state index contributed by atoms with van der Waals surface area (Å²) in [7, 11) is 0. The molecular formula is C23H19N3OS. The number of hydrogen-bond acceptors (Lipinski definition) is 4. The summed E-state index contributed by atoms with van der Waals surface area (Å²) in [5.74, 6) is -0.118. The number of nitrogens with zero attached hydrogens (tertiary/aromatic N) is 2. The molecule has 0 aliphatic rings. The Morgan fingerprint density at radius 2 is 1.82 bits per heavy atom. The fourth-order valence-electron chi connectivity index (χ4n) is 2.86. The molecule has 0 aliphatic carbocycles. The van der Waals surface area contributed by atoms with Gasteiger partial charge in [0.2, 0.25) is 0 Å². The SMILES string of the molecule is Cc1ccc(C(=O)Nc2cccc(-c3csc(-c4ccccn4)n3)c2)cc1C. The Morgan fingerprint density at radius 1 is 0.929 bits per heavy atom. The zero-order valence-electron chi connectivity index (χ0n) is 15.6. The van der Waals surface area contributed by atoms with E-state index in [1.807, 2.05) is 79.9 Å². The average molecular weight is 385 g/mol. The summed E-state index contributed by atoms with van der Waals surface area (Å²) in [5, 5.41) is 5.86. The molecule has 0 aliphatic heterocycles. The van der Waals surface area contributed by atoms with Gasteiger partial charge in [0.1, 0.15) is 5.01 Å². The van der Waals surface area contributed by atoms with E-state index in [-0.39, 0.29) is 5.91 Å². The van der Waals surface area contributed by atoms with Gasteiger partial charge in [-0.2, -0.15) is 0 Å². The third-order valence-corrected chi connectivity index (χ3v) is 5.44. The number of carbonyl (C=O) groups is 1. The Balaban J connectivity index is 1.56. The molecule has 1 amide bonds. The molecule has 4 nitrogen and oxygen atoms in total. The van der Waals surface area contributed by atoms with E-state index < -0.39 is 0 Å². The highest BCUT2D eigenvalue weighted by atomic mass is 32.1. The van der Waals surface area contributed by atoms with E-state index >= 15 is 0 Å². The van der Waals surface area contributed by atoms with Crippen LogP contribution in [0.15, 0.2) is 72.2 Å². The van der Waals surface area contributed by atoms with Gasteiger partial charge in [0.05, 0.1) is 11.4 Å². The van der Waals surface area contributed by atoms with Crippen molar-refractivity contribution >= 4 is 22.9 Å². The van der Waals surface area contributed by atoms with Crippen molar-refractivity contribution in [3.63, 3.8) is 0 Å². The van der Waals surface area contributed by atoms with Crippen LogP contribution in [0.5, 0.6) is 0 Å². The van der Waals surface area contributed by atoms with Crippen LogP contribution in [0.2, 0.25) is 0 Å². The van der Waals surface area contributed by atoms with Crippen LogP contribution in [0.3, 0.4) is 0 Å². The lowest BCUT2D eigenvalue weighted by molar-refractivity contribution is 0.102. The minimum absolute atomic E-state index is 0.118. The molecule has 4 rings (SSSR count). The van der Waals surface area contributed by atoms with Gasteiger partial charge >= 0.3 is 0 Å². The molecule has 0 bridgehead atoms. The highest BCUT2D eigenvalue weighted by Gasteiger charge is 2.10. The van der Waals surface area contributed by atoms with Crippen LogP contribution in [0.25, 0.3) is 22.0 Å². The van der Waals surface area contributed by atoms with Crippen molar-refractivity contribution in [2.75, 3.05) is 5.32 Å². The first-order chi connectivity index (χ1) is 13.6. The molecule has 2 aromatic heterocycles. The molecule has 4 aromatic rings. The normalized spacial score (nSPS) is 10.6. The quantitative estimate of drug-likeness (QED) is 0.487. The second-order valence-electron chi connectivity index (χ2n) is 6.59. The van der Waals surface area contributed by atoms with E-state index in [4.69, 9.17) is 4.98 Å². The molecule has 0 atom stereocenters. The van der Waals surface area contributed by atoms with Gasteiger partial charge < -0.3 is 5.32 Å². The zero-order valence-corrected chi connectivity index (χ0v) is 16.5. The predicted octanol–water partition coefficient (Wildman–Crippen LogP) is 5.74. The summed E-state index contributed by atoms with van der Waals surface area (Å²) in [6, 6.07) is 19.2. The number of pyridine rings is 1. The molecule has 1 N–H and O–H groups in total. The van der Waals surface area contributed by atoms with Crippen molar-refractivity contribution in [1.29, 1.82) is 0 Å². The minimum Gasteiger partial charge on any atom is -0.322 e. The van der Waals surface area contributed by atoms with Crippen LogP contribution >= 0.6 is 11.3 Å². The van der Waals surface area contributed by atoms with E-state index in [1.54, 1.807) is 17.5 Å². The Bertz CT molecular complexity index is 1140. The highest BCUT2D eigenvalue weighted by Crippen LogP contribution is 2.29. The number of hydrogen-bond donors (Lipinski definition) is 1. The van der Waals surface area contributed by atoms with E-state index in [0.29, 0.717) is 5.56 Å². The first-order valence-corrected chi connectivity index (χ1v) is 9.84. The summed E-state index contributed by atoms with van der Waals surface area (Å²) in [6.07, 6.45) is 1.76. The fourth-order valence-corrected chi connectivity index (χ4v) is 3.66. The van der Waals surface area contributed by atoms with E-state index in [1.165, 1.54) is 5.56 Å². The van der Waals surface area contributed by atoms with Gasteiger partial charge in [0, 0.05) is 28.4 Å². The van der Waals surface area contributed by atoms with Crippen molar-refractivity contribution in [2.24, 2.45) is 0 Å². The van der Waals surface area contributed by atoms with Crippen molar-refractivity contribution in [3.8, 4) is 22.0 Å². The number of thiazole rings is 1. The van der Waals surface area contributed by atoms with Crippen molar-refractivity contribution in [2.45, 2.75) is 13.8 Å². The second kappa shape index (κ2) is 7.74. The topological polar surface area (TPSA) is 54.9 Å². The lowest BCUT2D eigenvalue weighted by atomic mass is 10.1. The molecule has 0 saturated heterocycles. The summed E-state index contributed by atoms with van der Waals surface area (Å²) in [6.45, 7) is 4.04. The summed E-state index contributed by atoms with van der Waals surface area (Å²) in [4.78, 5) is 21.6. The third-order valence-electron chi connectivity index (χ3n) is 4.57. The largest absolute Gasteiger partial charge is 0.322 e. The van der Waals surface area contributed by atoms with E-state index in [9.17, 15) is 4.79 Å². The maximum atomic E-state index is 12.6. The van der Waals surface area contributed by atoms with Crippen LogP contribution in [-0.4, -0.2) is 15.9 Å². The number of benzene rings is 2. The van der Waals surface area contributed by atoms with Crippen LogP contribution in [0, 0.1) is 13.8 Å². The van der Waals surface area contributed by atoms with Crippen LogP contribution < -0.4 is 5.32 Å². The summed E-state index contributed by atoms with van der Waals surface area (Å²) >= 11 is 1.56. The molecule has 0 radical (unpaired) electrons. The Morgan fingerprint density at radius 3 is 2.61 bits per heavy atom.